The summed E-state index contributed by atoms with van der Waals surface area (Å²) in [4.78, 5) is 27.1. The highest BCUT2D eigenvalue weighted by molar-refractivity contribution is 7.89. The highest BCUT2D eigenvalue weighted by Gasteiger charge is 2.37. The largest absolute Gasteiger partial charge is 0.462 e. The van der Waals surface area contributed by atoms with Crippen molar-refractivity contribution in [1.29, 1.82) is 0 Å². The zero-order valence-electron chi connectivity index (χ0n) is 18.7. The number of carbonyl (C=O) groups is 2. The molecule has 3 rings (SSSR count). The van der Waals surface area contributed by atoms with E-state index in [9.17, 15) is 18.0 Å². The second-order valence-electron chi connectivity index (χ2n) is 7.13. The fourth-order valence-corrected chi connectivity index (χ4v) is 4.35. The Bertz CT molecular complexity index is 1180. The van der Waals surface area contributed by atoms with Crippen LogP contribution >= 0.6 is 0 Å². The number of furan rings is 1. The lowest BCUT2D eigenvalue weighted by atomic mass is 10.1. The van der Waals surface area contributed by atoms with Crippen LogP contribution in [0, 0.1) is 0 Å². The normalized spacial score (nSPS) is 15.5. The summed E-state index contributed by atoms with van der Waals surface area (Å²) in [6.07, 6.45) is 1.46. The topological polar surface area (TPSA) is 115 Å². The Hall–Kier alpha value is -3.21. The molecule has 0 spiro atoms. The van der Waals surface area contributed by atoms with Crippen molar-refractivity contribution >= 4 is 28.0 Å². The number of nitrogens with one attached hydrogen (secondary N) is 1. The van der Waals surface area contributed by atoms with Gasteiger partial charge in [0.15, 0.2) is 0 Å². The van der Waals surface area contributed by atoms with Crippen molar-refractivity contribution in [2.75, 3.05) is 26.9 Å². The minimum absolute atomic E-state index is 0.0755. The van der Waals surface area contributed by atoms with Crippen molar-refractivity contribution in [3.8, 4) is 0 Å². The Morgan fingerprint density at radius 2 is 1.91 bits per heavy atom. The maximum atomic E-state index is 13.0. The Labute approximate surface area is 192 Å². The average molecular weight is 475 g/mol. The van der Waals surface area contributed by atoms with E-state index >= 15 is 0 Å². The molecule has 2 heterocycles. The Balaban J connectivity index is 1.82. The molecule has 2 aromatic rings. The van der Waals surface area contributed by atoms with E-state index in [0.717, 1.165) is 0 Å². The third-order valence-electron chi connectivity index (χ3n) is 4.97. The Kier molecular flexibility index (Phi) is 7.85. The maximum absolute atomic E-state index is 13.0. The molecule has 33 heavy (non-hydrogen) atoms. The summed E-state index contributed by atoms with van der Waals surface area (Å²) in [6, 6.07) is 11.2. The molecule has 1 aliphatic rings. The number of methoxy groups -OCH3 is 1. The Morgan fingerprint density at radius 1 is 1.18 bits per heavy atom. The standard InChI is InChI=1S/C23H26N2O7S/c1-4-31-23(27)21-16(2)25(12-13-30-3)22(26)20(21)14-17-10-11-18(32-17)15-24-33(28,29)19-8-6-5-7-9-19/h5-11,14,24H,4,12-13,15H2,1-3H3/b20-14+. The van der Waals surface area contributed by atoms with Gasteiger partial charge >= 0.3 is 5.97 Å². The summed E-state index contributed by atoms with van der Waals surface area (Å²) in [6.45, 7) is 4.04. The monoisotopic (exact) mass is 474 g/mol. The van der Waals surface area contributed by atoms with Crippen LogP contribution in [0.15, 0.2) is 68.6 Å². The number of rotatable bonds is 10. The zero-order chi connectivity index (χ0) is 24.0. The molecule has 1 aliphatic heterocycles. The van der Waals surface area contributed by atoms with Crippen molar-refractivity contribution in [2.24, 2.45) is 0 Å². The molecular weight excluding hydrogens is 448 g/mol. The van der Waals surface area contributed by atoms with Crippen LogP contribution in [0.2, 0.25) is 0 Å². The molecule has 1 N–H and O–H groups in total. The molecule has 1 aromatic heterocycles. The van der Waals surface area contributed by atoms with E-state index in [1.165, 1.54) is 30.2 Å². The van der Waals surface area contributed by atoms with Gasteiger partial charge in [-0.25, -0.2) is 17.9 Å². The van der Waals surface area contributed by atoms with Gasteiger partial charge in [0.25, 0.3) is 5.91 Å². The van der Waals surface area contributed by atoms with Crippen LogP contribution in [0.4, 0.5) is 0 Å². The summed E-state index contributed by atoms with van der Waals surface area (Å²) in [5.74, 6) is -0.316. The number of carbonyl (C=O) groups excluding carboxylic acids is 2. The molecule has 0 unspecified atom stereocenters. The SMILES string of the molecule is CCOC(=O)C1=C(C)N(CCOC)C(=O)/C1=C/c1ccc(CNS(=O)(=O)c2ccccc2)o1. The van der Waals surface area contributed by atoms with E-state index in [1.807, 2.05) is 0 Å². The molecule has 0 saturated carbocycles. The van der Waals surface area contributed by atoms with Crippen molar-refractivity contribution in [3.63, 3.8) is 0 Å². The first-order chi connectivity index (χ1) is 15.8. The van der Waals surface area contributed by atoms with Crippen LogP contribution in [-0.2, 0) is 35.6 Å². The van der Waals surface area contributed by atoms with Crippen LogP contribution in [-0.4, -0.2) is 52.1 Å². The van der Waals surface area contributed by atoms with Crippen molar-refractivity contribution < 1.29 is 31.9 Å². The minimum atomic E-state index is -3.70. The molecule has 0 atom stereocenters. The van der Waals surface area contributed by atoms with E-state index in [2.05, 4.69) is 4.72 Å². The second-order valence-corrected chi connectivity index (χ2v) is 8.90. The van der Waals surface area contributed by atoms with Crippen molar-refractivity contribution in [1.82, 2.24) is 9.62 Å². The lowest BCUT2D eigenvalue weighted by Crippen LogP contribution is -2.28. The molecule has 9 nitrogen and oxygen atoms in total. The highest BCUT2D eigenvalue weighted by Crippen LogP contribution is 2.31. The molecule has 0 bridgehead atoms. The summed E-state index contributed by atoms with van der Waals surface area (Å²) < 4.78 is 43.1. The first-order valence-electron chi connectivity index (χ1n) is 10.3. The van der Waals surface area contributed by atoms with E-state index in [4.69, 9.17) is 13.9 Å². The number of hydrogen-bond donors (Lipinski definition) is 1. The first-order valence-corrected chi connectivity index (χ1v) is 11.8. The van der Waals surface area contributed by atoms with Gasteiger partial charge in [0, 0.05) is 19.4 Å². The van der Waals surface area contributed by atoms with Crippen molar-refractivity contribution in [3.05, 3.63) is 70.8 Å². The number of nitrogens with zero attached hydrogens (tertiary/aromatic N) is 1. The van der Waals surface area contributed by atoms with E-state index in [0.29, 0.717) is 23.8 Å². The third kappa shape index (κ3) is 5.59. The van der Waals surface area contributed by atoms with Gasteiger partial charge in [-0.2, -0.15) is 0 Å². The van der Waals surface area contributed by atoms with Gasteiger partial charge in [-0.15, -0.1) is 0 Å². The molecule has 10 heteroatoms. The Morgan fingerprint density at radius 3 is 2.58 bits per heavy atom. The van der Waals surface area contributed by atoms with Gasteiger partial charge in [-0.1, -0.05) is 18.2 Å². The number of amides is 1. The van der Waals surface area contributed by atoms with Crippen LogP contribution in [0.1, 0.15) is 25.4 Å². The minimum Gasteiger partial charge on any atom is -0.462 e. The lowest BCUT2D eigenvalue weighted by Gasteiger charge is -2.16. The van der Waals surface area contributed by atoms with Crippen LogP contribution in [0.5, 0.6) is 0 Å². The van der Waals surface area contributed by atoms with Gasteiger partial charge in [-0.3, -0.25) is 4.79 Å². The predicted octanol–water partition coefficient (Wildman–Crippen LogP) is 2.47. The number of ether oxygens (including phenoxy) is 2. The van der Waals surface area contributed by atoms with E-state index < -0.39 is 16.0 Å². The average Bonchev–Trinajstić information content (AvgIpc) is 3.34. The maximum Gasteiger partial charge on any atom is 0.340 e. The molecule has 1 amide bonds. The lowest BCUT2D eigenvalue weighted by molar-refractivity contribution is -0.138. The van der Waals surface area contributed by atoms with E-state index in [-0.39, 0.29) is 41.6 Å². The molecule has 1 aromatic carbocycles. The van der Waals surface area contributed by atoms with Crippen molar-refractivity contribution in [2.45, 2.75) is 25.3 Å². The molecule has 0 fully saturated rings. The van der Waals surface area contributed by atoms with Crippen LogP contribution < -0.4 is 4.72 Å². The molecule has 0 radical (unpaired) electrons. The first kappa shape index (κ1) is 24.4. The molecule has 176 valence electrons. The number of hydrogen-bond acceptors (Lipinski definition) is 7. The van der Waals surface area contributed by atoms with Crippen LogP contribution in [0.3, 0.4) is 0 Å². The summed E-state index contributed by atoms with van der Waals surface area (Å²) in [7, 11) is -2.17. The van der Waals surface area contributed by atoms with E-state index in [1.54, 1.807) is 44.2 Å². The zero-order valence-corrected chi connectivity index (χ0v) is 19.5. The smallest absolute Gasteiger partial charge is 0.340 e. The molecule has 0 saturated heterocycles. The number of benzene rings is 1. The second kappa shape index (κ2) is 10.6. The fourth-order valence-electron chi connectivity index (χ4n) is 3.34. The summed E-state index contributed by atoms with van der Waals surface area (Å²) in [5, 5.41) is 0. The quantitative estimate of drug-likeness (QED) is 0.415. The van der Waals surface area contributed by atoms with Gasteiger partial charge in [0.05, 0.1) is 35.8 Å². The van der Waals surface area contributed by atoms with Gasteiger partial charge in [0.2, 0.25) is 10.0 Å². The fraction of sp³-hybridized carbons (Fsp3) is 0.304. The molecule has 0 aliphatic carbocycles. The summed E-state index contributed by atoms with van der Waals surface area (Å²) in [5.41, 5.74) is 0.789. The van der Waals surface area contributed by atoms with Gasteiger partial charge in [-0.05, 0) is 44.2 Å². The third-order valence-corrected chi connectivity index (χ3v) is 6.39. The summed E-state index contributed by atoms with van der Waals surface area (Å²) >= 11 is 0. The number of allylic oxidation sites excluding steroid dienone is 1. The number of sulfonamides is 1. The highest BCUT2D eigenvalue weighted by atomic mass is 32.2. The van der Waals surface area contributed by atoms with Gasteiger partial charge in [0.1, 0.15) is 11.5 Å². The number of esters is 1. The van der Waals surface area contributed by atoms with Gasteiger partial charge < -0.3 is 18.8 Å². The predicted molar refractivity (Wildman–Crippen MR) is 120 cm³/mol. The van der Waals surface area contributed by atoms with Crippen LogP contribution in [0.25, 0.3) is 6.08 Å². The molecular formula is C23H26N2O7S.